The minimum absolute atomic E-state index is 0.243. The van der Waals surface area contributed by atoms with E-state index in [0.717, 1.165) is 22.0 Å². The number of aromatic nitrogens is 3. The highest BCUT2D eigenvalue weighted by Crippen LogP contribution is 2.33. The lowest BCUT2D eigenvalue weighted by Crippen LogP contribution is -2.22. The van der Waals surface area contributed by atoms with Crippen LogP contribution >= 0.6 is 0 Å². The van der Waals surface area contributed by atoms with Crippen molar-refractivity contribution in [2.24, 2.45) is 0 Å². The van der Waals surface area contributed by atoms with Crippen LogP contribution in [0.5, 0.6) is 11.5 Å². The number of anilines is 1. The van der Waals surface area contributed by atoms with E-state index in [1.54, 1.807) is 31.4 Å². The van der Waals surface area contributed by atoms with Crippen LogP contribution in [0.1, 0.15) is 27.7 Å². The zero-order valence-corrected chi connectivity index (χ0v) is 17.3. The van der Waals surface area contributed by atoms with Gasteiger partial charge in [0.1, 0.15) is 17.2 Å². The standard InChI is InChI=1S/C24H21N5O3/c1-25-23(31)20-12-17(8-9-26-20)32-16-6-7-19-15(10-16)13-27-24(28-19)29-22-18-5-3-2-4-14(18)11-21(22)30/h2-10,12-13,21-22,30H,11H2,1H3,(H,25,31)(H,27,28,29)/t21-,22+/m0/s1. The summed E-state index contributed by atoms with van der Waals surface area (Å²) in [5.74, 6) is 1.27. The fraction of sp³-hybridized carbons (Fsp3) is 0.167. The number of amides is 1. The summed E-state index contributed by atoms with van der Waals surface area (Å²) in [5.41, 5.74) is 3.23. The van der Waals surface area contributed by atoms with Gasteiger partial charge in [-0.25, -0.2) is 9.97 Å². The van der Waals surface area contributed by atoms with Crippen LogP contribution in [0.25, 0.3) is 10.9 Å². The van der Waals surface area contributed by atoms with Gasteiger partial charge in [0.15, 0.2) is 0 Å². The number of pyridine rings is 1. The van der Waals surface area contributed by atoms with Gasteiger partial charge in [-0.05, 0) is 35.4 Å². The zero-order chi connectivity index (χ0) is 22.1. The minimum atomic E-state index is -0.525. The van der Waals surface area contributed by atoms with Gasteiger partial charge in [-0.2, -0.15) is 0 Å². The number of nitrogens with one attached hydrogen (secondary N) is 2. The van der Waals surface area contributed by atoms with Crippen LogP contribution in [0.15, 0.2) is 67.0 Å². The number of fused-ring (bicyclic) bond motifs is 2. The van der Waals surface area contributed by atoms with E-state index in [9.17, 15) is 9.90 Å². The van der Waals surface area contributed by atoms with Crippen LogP contribution < -0.4 is 15.4 Å². The van der Waals surface area contributed by atoms with E-state index in [4.69, 9.17) is 4.74 Å². The number of aliphatic hydroxyl groups is 1. The van der Waals surface area contributed by atoms with Gasteiger partial charge in [-0.3, -0.25) is 9.78 Å². The molecule has 1 aliphatic rings. The molecule has 8 nitrogen and oxygen atoms in total. The molecule has 2 heterocycles. The predicted octanol–water partition coefficient (Wildman–Crippen LogP) is 3.25. The molecule has 2 atom stereocenters. The van der Waals surface area contributed by atoms with E-state index in [-0.39, 0.29) is 17.6 Å². The van der Waals surface area contributed by atoms with E-state index in [0.29, 0.717) is 23.9 Å². The molecule has 0 radical (unpaired) electrons. The molecule has 32 heavy (non-hydrogen) atoms. The number of benzene rings is 2. The number of ether oxygens (including phenoxy) is 1. The third kappa shape index (κ3) is 3.83. The monoisotopic (exact) mass is 427 g/mol. The lowest BCUT2D eigenvalue weighted by molar-refractivity contribution is 0.0958. The van der Waals surface area contributed by atoms with Crippen molar-refractivity contribution in [3.05, 3.63) is 83.8 Å². The summed E-state index contributed by atoms with van der Waals surface area (Å²) in [4.78, 5) is 24.8. The Hall–Kier alpha value is -4.04. The van der Waals surface area contributed by atoms with Crippen molar-refractivity contribution >= 4 is 22.8 Å². The molecule has 4 aromatic rings. The van der Waals surface area contributed by atoms with Crippen LogP contribution in [-0.4, -0.2) is 39.1 Å². The van der Waals surface area contributed by atoms with Crippen LogP contribution in [0, 0.1) is 0 Å². The fourth-order valence-corrected chi connectivity index (χ4v) is 3.89. The van der Waals surface area contributed by atoms with E-state index < -0.39 is 6.10 Å². The maximum atomic E-state index is 11.8. The molecule has 0 aliphatic heterocycles. The van der Waals surface area contributed by atoms with E-state index in [2.05, 4.69) is 25.6 Å². The maximum Gasteiger partial charge on any atom is 0.269 e. The molecule has 1 amide bonds. The summed E-state index contributed by atoms with van der Waals surface area (Å²) < 4.78 is 5.89. The first kappa shape index (κ1) is 19.9. The van der Waals surface area contributed by atoms with Gasteiger partial charge in [-0.1, -0.05) is 24.3 Å². The fourth-order valence-electron chi connectivity index (χ4n) is 3.89. The molecule has 0 saturated carbocycles. The van der Waals surface area contributed by atoms with E-state index in [1.807, 2.05) is 36.4 Å². The summed E-state index contributed by atoms with van der Waals surface area (Å²) in [5, 5.41) is 17.1. The Morgan fingerprint density at radius 3 is 2.81 bits per heavy atom. The Balaban J connectivity index is 1.36. The van der Waals surface area contributed by atoms with Crippen LogP contribution in [0.2, 0.25) is 0 Å². The van der Waals surface area contributed by atoms with Crippen molar-refractivity contribution in [1.29, 1.82) is 0 Å². The average molecular weight is 427 g/mol. The van der Waals surface area contributed by atoms with Crippen molar-refractivity contribution in [3.63, 3.8) is 0 Å². The van der Waals surface area contributed by atoms with Gasteiger partial charge < -0.3 is 20.5 Å². The van der Waals surface area contributed by atoms with Gasteiger partial charge in [0.25, 0.3) is 5.91 Å². The molecule has 0 unspecified atom stereocenters. The first-order chi connectivity index (χ1) is 15.6. The Morgan fingerprint density at radius 1 is 1.09 bits per heavy atom. The highest BCUT2D eigenvalue weighted by molar-refractivity contribution is 5.92. The Labute approximate surface area is 184 Å². The molecule has 1 aliphatic carbocycles. The highest BCUT2D eigenvalue weighted by Gasteiger charge is 2.31. The quantitative estimate of drug-likeness (QED) is 0.449. The van der Waals surface area contributed by atoms with E-state index in [1.165, 1.54) is 6.20 Å². The van der Waals surface area contributed by atoms with Gasteiger partial charge >= 0.3 is 0 Å². The number of aliphatic hydroxyl groups excluding tert-OH is 1. The molecular weight excluding hydrogens is 406 g/mol. The van der Waals surface area contributed by atoms with E-state index >= 15 is 0 Å². The molecule has 2 aromatic heterocycles. The van der Waals surface area contributed by atoms with Gasteiger partial charge in [0, 0.05) is 37.3 Å². The molecule has 0 saturated heterocycles. The largest absolute Gasteiger partial charge is 0.457 e. The van der Waals surface area contributed by atoms with Crippen molar-refractivity contribution in [2.45, 2.75) is 18.6 Å². The first-order valence-corrected chi connectivity index (χ1v) is 10.3. The number of nitrogens with zero attached hydrogens (tertiary/aromatic N) is 3. The summed E-state index contributed by atoms with van der Waals surface area (Å²) in [6.07, 6.45) is 3.33. The lowest BCUT2D eigenvalue weighted by Gasteiger charge is -2.18. The maximum absolute atomic E-state index is 11.8. The summed E-state index contributed by atoms with van der Waals surface area (Å²) in [6.45, 7) is 0. The predicted molar refractivity (Wildman–Crippen MR) is 120 cm³/mol. The highest BCUT2D eigenvalue weighted by atomic mass is 16.5. The summed E-state index contributed by atoms with van der Waals surface area (Å²) in [6, 6.07) is 16.5. The number of carbonyl (C=O) groups excluding carboxylic acids is 1. The Morgan fingerprint density at radius 2 is 1.94 bits per heavy atom. The van der Waals surface area contributed by atoms with Crippen molar-refractivity contribution in [3.8, 4) is 11.5 Å². The number of carbonyl (C=O) groups is 1. The summed E-state index contributed by atoms with van der Waals surface area (Å²) >= 11 is 0. The Kier molecular flexibility index (Phi) is 5.12. The van der Waals surface area contributed by atoms with Crippen molar-refractivity contribution in [2.75, 3.05) is 12.4 Å². The minimum Gasteiger partial charge on any atom is -0.457 e. The van der Waals surface area contributed by atoms with Gasteiger partial charge in [0.2, 0.25) is 5.95 Å². The van der Waals surface area contributed by atoms with Gasteiger partial charge in [0.05, 0.1) is 17.7 Å². The number of hydrogen-bond acceptors (Lipinski definition) is 7. The van der Waals surface area contributed by atoms with Crippen molar-refractivity contribution in [1.82, 2.24) is 20.3 Å². The third-order valence-corrected chi connectivity index (χ3v) is 5.47. The Bertz CT molecular complexity index is 1310. The van der Waals surface area contributed by atoms with Crippen LogP contribution in [0.3, 0.4) is 0 Å². The molecule has 0 bridgehead atoms. The SMILES string of the molecule is CNC(=O)c1cc(Oc2ccc3nc(N[C@@H]4c5ccccc5C[C@@H]4O)ncc3c2)ccn1. The smallest absolute Gasteiger partial charge is 0.269 e. The third-order valence-electron chi connectivity index (χ3n) is 5.47. The topological polar surface area (TPSA) is 109 Å². The average Bonchev–Trinajstić information content (AvgIpc) is 3.13. The lowest BCUT2D eigenvalue weighted by atomic mass is 10.1. The molecule has 3 N–H and O–H groups in total. The van der Waals surface area contributed by atoms with Gasteiger partial charge in [-0.15, -0.1) is 0 Å². The number of rotatable bonds is 5. The molecular formula is C24H21N5O3. The second-order valence-corrected chi connectivity index (χ2v) is 7.56. The first-order valence-electron chi connectivity index (χ1n) is 10.3. The summed E-state index contributed by atoms with van der Waals surface area (Å²) in [7, 11) is 1.55. The van der Waals surface area contributed by atoms with Crippen LogP contribution in [-0.2, 0) is 6.42 Å². The molecule has 0 fully saturated rings. The number of hydrogen-bond donors (Lipinski definition) is 3. The molecule has 5 rings (SSSR count). The molecule has 160 valence electrons. The molecule has 2 aromatic carbocycles. The zero-order valence-electron chi connectivity index (χ0n) is 17.3. The second kappa shape index (κ2) is 8.24. The normalized spacial score (nSPS) is 17.1. The van der Waals surface area contributed by atoms with Crippen LogP contribution in [0.4, 0.5) is 5.95 Å². The molecule has 0 spiro atoms. The second-order valence-electron chi connectivity index (χ2n) is 7.56. The van der Waals surface area contributed by atoms with Crippen molar-refractivity contribution < 1.29 is 14.6 Å². The molecule has 8 heteroatoms.